The summed E-state index contributed by atoms with van der Waals surface area (Å²) < 4.78 is 1.81. The maximum absolute atomic E-state index is 13.3. The molecule has 0 unspecified atom stereocenters. The van der Waals surface area contributed by atoms with Gasteiger partial charge in [-0.1, -0.05) is 29.8 Å². The minimum Gasteiger partial charge on any atom is -0.545 e. The third-order valence-corrected chi connectivity index (χ3v) is 6.27. The van der Waals surface area contributed by atoms with Gasteiger partial charge in [-0.2, -0.15) is 0 Å². The van der Waals surface area contributed by atoms with Gasteiger partial charge in [0.2, 0.25) is 0 Å². The van der Waals surface area contributed by atoms with Gasteiger partial charge in [0.1, 0.15) is 5.57 Å². The maximum atomic E-state index is 13.3. The average Bonchev–Trinajstić information content (AvgIpc) is 3.05. The third-order valence-electron chi connectivity index (χ3n) is 5.66. The Morgan fingerprint density at radius 2 is 1.79 bits per heavy atom. The molecule has 2 heterocycles. The first-order valence-electron chi connectivity index (χ1n) is 10.3. The number of para-hydroxylation sites is 1. The highest BCUT2D eigenvalue weighted by Gasteiger charge is 2.35. The summed E-state index contributed by atoms with van der Waals surface area (Å²) in [6, 6.07) is 13.6. The van der Waals surface area contributed by atoms with Crippen LogP contribution >= 0.6 is 23.8 Å². The molecule has 1 fully saturated rings. The van der Waals surface area contributed by atoms with Gasteiger partial charge in [-0.05, 0) is 80.5 Å². The van der Waals surface area contributed by atoms with Crippen molar-refractivity contribution in [3.8, 4) is 5.69 Å². The van der Waals surface area contributed by atoms with Crippen LogP contribution in [0.15, 0.2) is 54.1 Å². The van der Waals surface area contributed by atoms with Crippen LogP contribution in [0.1, 0.15) is 32.9 Å². The van der Waals surface area contributed by atoms with E-state index in [1.54, 1.807) is 24.3 Å². The minimum atomic E-state index is -1.38. The molecule has 1 N–H and O–H groups in total. The number of carboxylic acid groups (broad SMARTS) is 1. The van der Waals surface area contributed by atoms with E-state index in [1.165, 1.54) is 23.1 Å². The number of thiocarbonyl (C=S) groups is 1. The van der Waals surface area contributed by atoms with E-state index < -0.39 is 17.8 Å². The van der Waals surface area contributed by atoms with E-state index in [2.05, 4.69) is 5.32 Å². The zero-order chi connectivity index (χ0) is 24.7. The van der Waals surface area contributed by atoms with Gasteiger partial charge in [-0.25, -0.2) is 0 Å². The molecule has 1 aromatic heterocycles. The zero-order valence-electron chi connectivity index (χ0n) is 18.5. The van der Waals surface area contributed by atoms with Crippen molar-refractivity contribution in [2.45, 2.75) is 20.8 Å². The van der Waals surface area contributed by atoms with E-state index in [9.17, 15) is 19.5 Å². The fourth-order valence-electron chi connectivity index (χ4n) is 3.99. The number of anilines is 1. The Balaban J connectivity index is 1.79. The number of hydrogen-bond acceptors (Lipinski definition) is 5. The second-order valence-corrected chi connectivity index (χ2v) is 8.65. The topological polar surface area (TPSA) is 94.5 Å². The molecule has 4 rings (SSSR count). The molecule has 1 aliphatic rings. The SMILES string of the molecule is Cc1ccccc1N1C(=O)/C(=C/c2cc(C)n(-c3ccc(Cl)c(C(=O)[O-])c3)c2C)C(=O)NC1=S. The number of aromatic nitrogens is 1. The second kappa shape index (κ2) is 8.89. The van der Waals surface area contributed by atoms with Gasteiger partial charge >= 0.3 is 0 Å². The number of hydrogen-bond donors (Lipinski definition) is 1. The van der Waals surface area contributed by atoms with E-state index >= 15 is 0 Å². The van der Waals surface area contributed by atoms with E-state index in [4.69, 9.17) is 23.8 Å². The lowest BCUT2D eigenvalue weighted by Gasteiger charge is -2.30. The number of carboxylic acids is 1. The van der Waals surface area contributed by atoms with Gasteiger partial charge in [0, 0.05) is 27.7 Å². The van der Waals surface area contributed by atoms with E-state index in [1.807, 2.05) is 37.5 Å². The summed E-state index contributed by atoms with van der Waals surface area (Å²) in [5.41, 5.74) is 3.88. The van der Waals surface area contributed by atoms with E-state index in [0.717, 1.165) is 11.3 Å². The van der Waals surface area contributed by atoms with Crippen molar-refractivity contribution >= 4 is 58.5 Å². The Morgan fingerprint density at radius 1 is 1.09 bits per heavy atom. The van der Waals surface area contributed by atoms with Crippen molar-refractivity contribution in [3.05, 3.63) is 87.2 Å². The van der Waals surface area contributed by atoms with Crippen LogP contribution in [-0.2, 0) is 9.59 Å². The number of carbonyl (C=O) groups excluding carboxylic acids is 3. The smallest absolute Gasteiger partial charge is 0.270 e. The predicted octanol–water partition coefficient (Wildman–Crippen LogP) is 3.25. The van der Waals surface area contributed by atoms with Crippen LogP contribution in [0, 0.1) is 20.8 Å². The standard InChI is InChI=1S/C25H20ClN3O4S/c1-13-6-4-5-7-21(13)29-23(31)19(22(30)27-25(29)34)11-16-10-14(2)28(15(16)3)17-8-9-20(26)18(12-17)24(32)33/h4-12H,1-3H3,(H,32,33)(H,27,30,34)/p-1/b19-11+. The highest BCUT2D eigenvalue weighted by molar-refractivity contribution is 7.80. The first-order chi connectivity index (χ1) is 16.1. The molecule has 0 saturated carbocycles. The third kappa shape index (κ3) is 4.02. The number of benzene rings is 2. The van der Waals surface area contributed by atoms with E-state index in [-0.39, 0.29) is 21.3 Å². The van der Waals surface area contributed by atoms with Gasteiger partial charge in [0.25, 0.3) is 11.8 Å². The van der Waals surface area contributed by atoms with Crippen LogP contribution in [0.25, 0.3) is 11.8 Å². The Morgan fingerprint density at radius 3 is 2.47 bits per heavy atom. The normalized spacial score (nSPS) is 15.1. The summed E-state index contributed by atoms with van der Waals surface area (Å²) in [6.07, 6.45) is 1.51. The molecule has 2 amide bonds. The van der Waals surface area contributed by atoms with Crippen LogP contribution in [-0.4, -0.2) is 27.5 Å². The molecule has 34 heavy (non-hydrogen) atoms. The predicted molar refractivity (Wildman–Crippen MR) is 132 cm³/mol. The average molecular weight is 493 g/mol. The Hall–Kier alpha value is -3.75. The summed E-state index contributed by atoms with van der Waals surface area (Å²) >= 11 is 11.3. The van der Waals surface area contributed by atoms with Crippen molar-refractivity contribution in [1.82, 2.24) is 9.88 Å². The molecule has 0 spiro atoms. The van der Waals surface area contributed by atoms with Crippen molar-refractivity contribution < 1.29 is 19.5 Å². The van der Waals surface area contributed by atoms with Crippen molar-refractivity contribution in [3.63, 3.8) is 0 Å². The lowest BCUT2D eigenvalue weighted by molar-refractivity contribution is -0.255. The summed E-state index contributed by atoms with van der Waals surface area (Å²) in [6.45, 7) is 5.49. The summed E-state index contributed by atoms with van der Waals surface area (Å²) in [5, 5.41) is 14.1. The van der Waals surface area contributed by atoms with E-state index in [0.29, 0.717) is 22.6 Å². The number of nitrogens with one attached hydrogen (secondary N) is 1. The van der Waals surface area contributed by atoms with Crippen LogP contribution < -0.4 is 15.3 Å². The molecule has 9 heteroatoms. The van der Waals surface area contributed by atoms with Crippen LogP contribution in [0.5, 0.6) is 0 Å². The second-order valence-electron chi connectivity index (χ2n) is 7.86. The molecular formula is C25H19ClN3O4S-. The summed E-state index contributed by atoms with van der Waals surface area (Å²) in [4.78, 5) is 38.8. The van der Waals surface area contributed by atoms with Gasteiger partial charge in [0.15, 0.2) is 5.11 Å². The largest absolute Gasteiger partial charge is 0.545 e. The molecule has 0 aliphatic carbocycles. The number of nitrogens with zero attached hydrogens (tertiary/aromatic N) is 2. The van der Waals surface area contributed by atoms with Gasteiger partial charge in [-0.3, -0.25) is 19.8 Å². The summed E-state index contributed by atoms with van der Waals surface area (Å²) in [5.74, 6) is -2.50. The zero-order valence-corrected chi connectivity index (χ0v) is 20.1. The number of aromatic carboxylic acids is 1. The lowest BCUT2D eigenvalue weighted by Crippen LogP contribution is -2.54. The molecule has 1 saturated heterocycles. The molecule has 1 aliphatic heterocycles. The molecule has 7 nitrogen and oxygen atoms in total. The highest BCUT2D eigenvalue weighted by Crippen LogP contribution is 2.28. The fourth-order valence-corrected chi connectivity index (χ4v) is 4.45. The quantitative estimate of drug-likeness (QED) is 0.343. The monoisotopic (exact) mass is 492 g/mol. The maximum Gasteiger partial charge on any atom is 0.270 e. The molecule has 0 bridgehead atoms. The Bertz CT molecular complexity index is 1420. The first kappa shape index (κ1) is 23.4. The number of aryl methyl sites for hydroxylation is 2. The van der Waals surface area contributed by atoms with Gasteiger partial charge in [0.05, 0.1) is 11.7 Å². The van der Waals surface area contributed by atoms with Crippen molar-refractivity contribution in [2.24, 2.45) is 0 Å². The molecule has 0 radical (unpaired) electrons. The lowest BCUT2D eigenvalue weighted by atomic mass is 10.1. The Labute approximate surface area is 206 Å². The Kier molecular flexibility index (Phi) is 6.12. The van der Waals surface area contributed by atoms with Crippen LogP contribution in [0.3, 0.4) is 0 Å². The summed E-state index contributed by atoms with van der Waals surface area (Å²) in [7, 11) is 0. The van der Waals surface area contributed by atoms with Crippen LogP contribution in [0.2, 0.25) is 5.02 Å². The minimum absolute atomic E-state index is 0.0166. The van der Waals surface area contributed by atoms with Gasteiger partial charge in [-0.15, -0.1) is 0 Å². The van der Waals surface area contributed by atoms with Crippen molar-refractivity contribution in [2.75, 3.05) is 4.90 Å². The molecule has 0 atom stereocenters. The molecule has 3 aromatic rings. The fraction of sp³-hybridized carbons (Fsp3) is 0.120. The molecular weight excluding hydrogens is 474 g/mol. The van der Waals surface area contributed by atoms with Crippen molar-refractivity contribution in [1.29, 1.82) is 0 Å². The molecule has 172 valence electrons. The molecule has 2 aromatic carbocycles. The van der Waals surface area contributed by atoms with Gasteiger partial charge < -0.3 is 14.5 Å². The number of halogens is 1. The number of carbonyl (C=O) groups is 3. The first-order valence-corrected chi connectivity index (χ1v) is 11.1. The number of rotatable bonds is 4. The highest BCUT2D eigenvalue weighted by atomic mass is 35.5. The number of amides is 2. The van der Waals surface area contributed by atoms with Crippen LogP contribution in [0.4, 0.5) is 5.69 Å².